The van der Waals surface area contributed by atoms with E-state index in [9.17, 15) is 93.8 Å². The molecule has 0 bridgehead atoms. The summed E-state index contributed by atoms with van der Waals surface area (Å²) in [6.45, 7) is 4.24. The molecule has 2 aliphatic heterocycles. The van der Waals surface area contributed by atoms with Crippen molar-refractivity contribution in [1.29, 1.82) is 0 Å². The van der Waals surface area contributed by atoms with Crippen molar-refractivity contribution in [2.24, 2.45) is 11.8 Å². The smallest absolute Gasteiger partial charge is 0.332 e. The number of benzene rings is 1. The van der Waals surface area contributed by atoms with Gasteiger partial charge in [0.15, 0.2) is 42.5 Å². The molecule has 10 atom stereocenters. The lowest BCUT2D eigenvalue weighted by atomic mass is 9.92. The molecule has 4 N–H and O–H groups in total. The lowest BCUT2D eigenvalue weighted by Gasteiger charge is -2.42. The van der Waals surface area contributed by atoms with E-state index in [4.69, 9.17) is 37.9 Å². The first-order valence-electron chi connectivity index (χ1n) is 24.2. The van der Waals surface area contributed by atoms with Crippen LogP contribution in [-0.2, 0) is 76.3 Å². The number of carbonyl (C=O) groups excluding carboxylic acids is 9. The van der Waals surface area contributed by atoms with Gasteiger partial charge in [-0.15, -0.1) is 0 Å². The molecule has 3 rings (SSSR count). The third-order valence-corrected chi connectivity index (χ3v) is 11.0. The Morgan fingerprint density at radius 3 is 1.72 bits per heavy atom. The van der Waals surface area contributed by atoms with Crippen LogP contribution in [0.4, 0.5) is 5.69 Å². The molecule has 33 nitrogen and oxygen atoms in total. The van der Waals surface area contributed by atoms with E-state index in [1.807, 2.05) is 20.8 Å². The number of hydrogen-bond donors (Lipinski definition) is 4. The van der Waals surface area contributed by atoms with Gasteiger partial charge in [-0.3, -0.25) is 78.8 Å². The highest BCUT2D eigenvalue weighted by Gasteiger charge is 2.53. The molecule has 33 heteroatoms. The molecule has 2 saturated heterocycles. The second kappa shape index (κ2) is 33.0. The molecule has 78 heavy (non-hydrogen) atoms. The predicted molar refractivity (Wildman–Crippen MR) is 255 cm³/mol. The van der Waals surface area contributed by atoms with Gasteiger partial charge in [-0.2, -0.15) is 0 Å². The fourth-order valence-electron chi connectivity index (χ4n) is 7.27. The third kappa shape index (κ3) is 22.9. The summed E-state index contributed by atoms with van der Waals surface area (Å²) >= 11 is 0. The number of nitrogens with one attached hydrogen (secondary N) is 2. The Bertz CT molecular complexity index is 2320. The zero-order valence-electron chi connectivity index (χ0n) is 42.9. The van der Waals surface area contributed by atoms with Gasteiger partial charge in [0.25, 0.3) is 5.91 Å². The van der Waals surface area contributed by atoms with Crippen LogP contribution in [0.1, 0.15) is 103 Å². The molecular formula is C45H62N6O27. The minimum absolute atomic E-state index is 0.00114. The van der Waals surface area contributed by atoms with E-state index in [0.717, 1.165) is 12.8 Å². The molecule has 10 unspecified atom stereocenters. The molecule has 1 aromatic rings. The number of anilines is 1. The Balaban J connectivity index is 0.000000534. The van der Waals surface area contributed by atoms with Gasteiger partial charge in [0, 0.05) is 26.1 Å². The number of ether oxygens (including phenoxy) is 8. The van der Waals surface area contributed by atoms with Crippen LogP contribution in [0.25, 0.3) is 0 Å². The van der Waals surface area contributed by atoms with Crippen molar-refractivity contribution in [3.63, 3.8) is 0 Å². The first-order chi connectivity index (χ1) is 36.7. The Morgan fingerprint density at radius 2 is 1.21 bits per heavy atom. The number of hydrogen-bond acceptors (Lipinski definition) is 27. The van der Waals surface area contributed by atoms with Crippen molar-refractivity contribution in [3.8, 4) is 5.75 Å². The number of esters is 7. The Hall–Kier alpha value is -8.23. The molecule has 1 aromatic carbocycles. The summed E-state index contributed by atoms with van der Waals surface area (Å²) in [6.07, 6.45) is -13.1. The van der Waals surface area contributed by atoms with Crippen LogP contribution in [0.3, 0.4) is 0 Å². The molecule has 0 aliphatic carbocycles. The van der Waals surface area contributed by atoms with Crippen LogP contribution in [0.15, 0.2) is 18.2 Å². The SMILES string of the molecule is CCCCCC1C(=O)OC(C)C(NC(=O)c2cccc(NC=O)c2O)C(=O)OC(C)C1OC(=O)CC(C)C.O=C(CC[N+](=O)[O-])OCC1OC(O)C(OC(=O)CC[N+](=O)[O-])C(OC(=O)CC[N+](=O)[O-])C1OC(=O)CC[N+](=O)[O-]. The predicted octanol–water partition coefficient (Wildman–Crippen LogP) is 0.740. The zero-order chi connectivity index (χ0) is 58.8. The summed E-state index contributed by atoms with van der Waals surface area (Å²) in [6, 6.07) is 2.71. The number of nitrogens with zero attached hydrogens (tertiary/aromatic N) is 4. The molecule has 2 aliphatic rings. The highest BCUT2D eigenvalue weighted by atomic mass is 16.7. The van der Waals surface area contributed by atoms with Crippen molar-refractivity contribution in [2.75, 3.05) is 38.1 Å². The molecule has 0 spiro atoms. The Labute approximate surface area is 442 Å². The van der Waals surface area contributed by atoms with E-state index in [0.29, 0.717) is 19.3 Å². The van der Waals surface area contributed by atoms with E-state index >= 15 is 0 Å². The van der Waals surface area contributed by atoms with Gasteiger partial charge < -0.3 is 58.7 Å². The maximum Gasteiger partial charge on any atom is 0.332 e. The number of cyclic esters (lactones) is 2. The van der Waals surface area contributed by atoms with Gasteiger partial charge in [-0.1, -0.05) is 46.1 Å². The highest BCUT2D eigenvalue weighted by molar-refractivity contribution is 6.01. The lowest BCUT2D eigenvalue weighted by Crippen LogP contribution is -2.62. The van der Waals surface area contributed by atoms with Gasteiger partial charge in [0.2, 0.25) is 32.6 Å². The Morgan fingerprint density at radius 1 is 0.705 bits per heavy atom. The number of aromatic hydroxyl groups is 1. The second-order valence-electron chi connectivity index (χ2n) is 17.7. The van der Waals surface area contributed by atoms with E-state index < -0.39 is 193 Å². The first-order valence-corrected chi connectivity index (χ1v) is 24.2. The molecule has 0 aromatic heterocycles. The van der Waals surface area contributed by atoms with Crippen molar-refractivity contribution >= 4 is 59.8 Å². The van der Waals surface area contributed by atoms with Crippen LogP contribution in [0, 0.1) is 52.3 Å². The van der Waals surface area contributed by atoms with E-state index in [1.165, 1.54) is 32.0 Å². The van der Waals surface area contributed by atoms with Gasteiger partial charge in [0.05, 0.1) is 17.2 Å². The number of unbranched alkanes of at least 4 members (excludes halogenated alkanes) is 2. The summed E-state index contributed by atoms with van der Waals surface area (Å²) in [4.78, 5) is 150. The van der Waals surface area contributed by atoms with Crippen LogP contribution in [-0.4, -0.2) is 172 Å². The number of aliphatic hydroxyl groups excluding tert-OH is 1. The number of carbonyl (C=O) groups is 9. The third-order valence-electron chi connectivity index (χ3n) is 11.0. The van der Waals surface area contributed by atoms with Crippen molar-refractivity contribution in [2.45, 2.75) is 147 Å². The number of nitro groups is 4. The topological polar surface area (TPSA) is 465 Å². The fraction of sp³-hybridized carbons (Fsp3) is 0.667. The first kappa shape index (κ1) is 65.9. The van der Waals surface area contributed by atoms with Gasteiger partial charge >= 0.3 is 41.8 Å². The average molecular weight is 1120 g/mol. The van der Waals surface area contributed by atoms with Crippen molar-refractivity contribution < 1.29 is 111 Å². The largest absolute Gasteiger partial charge is 0.505 e. The van der Waals surface area contributed by atoms with E-state index in [-0.39, 0.29) is 23.6 Å². The second-order valence-corrected chi connectivity index (χ2v) is 17.7. The summed E-state index contributed by atoms with van der Waals surface area (Å²) in [7, 11) is 0. The quantitative estimate of drug-likeness (QED) is 0.0171. The van der Waals surface area contributed by atoms with Crippen LogP contribution < -0.4 is 10.6 Å². The summed E-state index contributed by atoms with van der Waals surface area (Å²) in [5, 5.41) is 67.8. The molecule has 2 fully saturated rings. The van der Waals surface area contributed by atoms with E-state index in [1.54, 1.807) is 0 Å². The fourth-order valence-corrected chi connectivity index (χ4v) is 7.27. The molecule has 2 heterocycles. The van der Waals surface area contributed by atoms with Crippen LogP contribution >= 0.6 is 0 Å². The summed E-state index contributed by atoms with van der Waals surface area (Å²) in [5.74, 6) is -9.34. The van der Waals surface area contributed by atoms with Crippen molar-refractivity contribution in [3.05, 3.63) is 64.2 Å². The van der Waals surface area contributed by atoms with Crippen LogP contribution in [0.2, 0.25) is 0 Å². The lowest BCUT2D eigenvalue weighted by molar-refractivity contribution is -0.479. The molecular weight excluding hydrogens is 1060 g/mol. The monoisotopic (exact) mass is 1120 g/mol. The number of rotatable bonds is 28. The van der Waals surface area contributed by atoms with Crippen molar-refractivity contribution in [1.82, 2.24) is 5.32 Å². The summed E-state index contributed by atoms with van der Waals surface area (Å²) in [5.41, 5.74) is -0.215. The number of amides is 2. The highest BCUT2D eigenvalue weighted by Crippen LogP contribution is 2.31. The Kier molecular flexibility index (Phi) is 27.9. The molecule has 0 radical (unpaired) electrons. The maximum absolute atomic E-state index is 13.3. The van der Waals surface area contributed by atoms with Gasteiger partial charge in [-0.05, 0) is 38.3 Å². The number of aliphatic hydroxyl groups is 1. The zero-order valence-corrected chi connectivity index (χ0v) is 42.9. The number of phenols is 1. The minimum atomic E-state index is -2.22. The number of para-hydroxylation sites is 1. The maximum atomic E-state index is 13.3. The molecule has 0 saturated carbocycles. The summed E-state index contributed by atoms with van der Waals surface area (Å²) < 4.78 is 42.0. The molecule has 434 valence electrons. The molecule has 2 amide bonds. The van der Waals surface area contributed by atoms with Crippen LogP contribution in [0.5, 0.6) is 5.75 Å². The minimum Gasteiger partial charge on any atom is -0.505 e. The van der Waals surface area contributed by atoms with E-state index in [2.05, 4.69) is 10.6 Å². The van der Waals surface area contributed by atoms with Gasteiger partial charge in [-0.25, -0.2) is 4.79 Å². The average Bonchev–Trinajstić information content (AvgIpc) is 3.39. The van der Waals surface area contributed by atoms with Gasteiger partial charge in [0.1, 0.15) is 50.6 Å². The number of phenolic OH excluding ortho intramolecular Hbond substituents is 1. The normalized spacial score (nSPS) is 22.8. The standard InChI is InChI=1S/C27H38N2O9.C18H24N4O18/c1-6-7-8-10-19-24(38-21(31)13-15(2)3)17(5)37-27(35)22(16(4)36-26(19)34)29-25(33)18-11-9-12-20(23(18)32)28-14-30;23-11(1-5-19(28)29)36-9-10-15(38-12(24)2-6-20(30)31)16(39-13(25)3-7-21(32)33)17(18(27)37-10)40-14(26)4-8-22(34)35/h9,11-12,14-17,19,22,24,32H,6-8,10,13H2,1-5H3,(H,28,30)(H,29,33);10,15-18,27H,1-9H2.